The van der Waals surface area contributed by atoms with Crippen LogP contribution in [0, 0.1) is 0 Å². The third-order valence-electron chi connectivity index (χ3n) is 2.99. The van der Waals surface area contributed by atoms with Crippen molar-refractivity contribution in [3.63, 3.8) is 0 Å². The number of hydrazone groups is 1. The highest BCUT2D eigenvalue weighted by Crippen LogP contribution is 2.16. The van der Waals surface area contributed by atoms with Gasteiger partial charge in [0.2, 0.25) is 5.91 Å². The van der Waals surface area contributed by atoms with E-state index in [0.717, 1.165) is 0 Å². The van der Waals surface area contributed by atoms with E-state index in [4.69, 9.17) is 16.3 Å². The molecule has 21 heavy (non-hydrogen) atoms. The van der Waals surface area contributed by atoms with E-state index < -0.39 is 0 Å². The van der Waals surface area contributed by atoms with Crippen LogP contribution in [0.3, 0.4) is 0 Å². The summed E-state index contributed by atoms with van der Waals surface area (Å²) in [6.07, 6.45) is 0.654. The molecule has 0 aliphatic carbocycles. The first kappa shape index (κ1) is 15.3. The minimum atomic E-state index is -0.204. The molecule has 1 aromatic rings. The largest absolute Gasteiger partial charge is 0.492 e. The number of halogens is 1. The zero-order valence-corrected chi connectivity index (χ0v) is 12.4. The molecule has 0 spiro atoms. The Kier molecular flexibility index (Phi) is 5.16. The summed E-state index contributed by atoms with van der Waals surface area (Å²) in [6, 6.07) is 7.07. The van der Waals surface area contributed by atoms with Crippen molar-refractivity contribution in [3.05, 3.63) is 29.3 Å². The van der Waals surface area contributed by atoms with Gasteiger partial charge in [-0.15, -0.1) is 0 Å². The predicted octanol–water partition coefficient (Wildman–Crippen LogP) is 1.44. The van der Waals surface area contributed by atoms with Crippen molar-refractivity contribution in [3.8, 4) is 5.75 Å². The van der Waals surface area contributed by atoms with Crippen molar-refractivity contribution in [1.29, 1.82) is 0 Å². The van der Waals surface area contributed by atoms with Gasteiger partial charge in [0.05, 0.1) is 6.54 Å². The third-order valence-corrected chi connectivity index (χ3v) is 3.22. The highest BCUT2D eigenvalue weighted by Gasteiger charge is 2.21. The van der Waals surface area contributed by atoms with Gasteiger partial charge in [-0.1, -0.05) is 17.7 Å². The fraction of sp³-hybridized carbons (Fsp3) is 0.357. The van der Waals surface area contributed by atoms with Crippen LogP contribution in [0.4, 0.5) is 0 Å². The van der Waals surface area contributed by atoms with Gasteiger partial charge >= 0.3 is 0 Å². The molecule has 0 radical (unpaired) electrons. The second-order valence-corrected chi connectivity index (χ2v) is 5.06. The van der Waals surface area contributed by atoms with Gasteiger partial charge in [0, 0.05) is 24.9 Å². The van der Waals surface area contributed by atoms with Gasteiger partial charge in [0.15, 0.2) is 0 Å². The molecule has 0 unspecified atom stereocenters. The van der Waals surface area contributed by atoms with Crippen molar-refractivity contribution in [2.24, 2.45) is 5.10 Å². The molecule has 7 heteroatoms. The first-order valence-corrected chi connectivity index (χ1v) is 6.93. The van der Waals surface area contributed by atoms with E-state index in [2.05, 4.69) is 10.5 Å². The predicted molar refractivity (Wildman–Crippen MR) is 79.4 cm³/mol. The van der Waals surface area contributed by atoms with Gasteiger partial charge in [0.25, 0.3) is 5.91 Å². The van der Waals surface area contributed by atoms with Crippen LogP contribution >= 0.6 is 11.6 Å². The number of nitrogens with one attached hydrogen (secondary N) is 1. The number of likely N-dealkylation sites (N-methyl/N-ethyl adjacent to an activating group) is 1. The molecule has 1 aliphatic heterocycles. The fourth-order valence-electron chi connectivity index (χ4n) is 1.81. The molecule has 0 saturated carbocycles. The Bertz CT molecular complexity index is 574. The lowest BCUT2D eigenvalue weighted by molar-refractivity contribution is -0.123. The van der Waals surface area contributed by atoms with E-state index in [1.165, 1.54) is 4.90 Å². The molecule has 0 saturated heterocycles. The maximum atomic E-state index is 12.1. The van der Waals surface area contributed by atoms with Crippen molar-refractivity contribution in [2.45, 2.75) is 12.8 Å². The van der Waals surface area contributed by atoms with Crippen LogP contribution in [-0.2, 0) is 9.59 Å². The Morgan fingerprint density at radius 1 is 1.48 bits per heavy atom. The number of carbonyl (C=O) groups excluding carboxylic acids is 2. The Morgan fingerprint density at radius 3 is 2.95 bits per heavy atom. The quantitative estimate of drug-likeness (QED) is 0.894. The number of hydrogen-bond acceptors (Lipinski definition) is 4. The average molecular weight is 310 g/mol. The van der Waals surface area contributed by atoms with E-state index in [-0.39, 0.29) is 18.2 Å². The summed E-state index contributed by atoms with van der Waals surface area (Å²) in [6.45, 7) is 0.764. The van der Waals surface area contributed by atoms with E-state index >= 15 is 0 Å². The van der Waals surface area contributed by atoms with Gasteiger partial charge in [-0.2, -0.15) is 5.10 Å². The monoisotopic (exact) mass is 309 g/mol. The highest BCUT2D eigenvalue weighted by molar-refractivity contribution is 6.39. The summed E-state index contributed by atoms with van der Waals surface area (Å²) in [4.78, 5) is 24.6. The zero-order chi connectivity index (χ0) is 15.2. The molecule has 112 valence electrons. The van der Waals surface area contributed by atoms with Gasteiger partial charge in [-0.3, -0.25) is 9.59 Å². The number of rotatable bonds is 5. The SMILES string of the molecule is CN(CCOc1cccc(Cl)c1)C(=O)C1=NNC(=O)CC1. The number of amides is 2. The number of nitrogens with zero attached hydrogens (tertiary/aromatic N) is 2. The molecule has 0 aromatic heterocycles. The van der Waals surface area contributed by atoms with Crippen molar-refractivity contribution < 1.29 is 14.3 Å². The van der Waals surface area contributed by atoms with Gasteiger partial charge in [0.1, 0.15) is 18.1 Å². The molecular formula is C14H16ClN3O3. The lowest BCUT2D eigenvalue weighted by Gasteiger charge is -2.20. The third kappa shape index (κ3) is 4.46. The lowest BCUT2D eigenvalue weighted by Crippen LogP contribution is -2.39. The molecule has 1 heterocycles. The van der Waals surface area contributed by atoms with E-state index in [0.29, 0.717) is 36.1 Å². The van der Waals surface area contributed by atoms with Gasteiger partial charge in [-0.05, 0) is 18.2 Å². The summed E-state index contributed by atoms with van der Waals surface area (Å²) in [5.41, 5.74) is 2.67. The Morgan fingerprint density at radius 2 is 2.29 bits per heavy atom. The smallest absolute Gasteiger partial charge is 0.269 e. The molecule has 0 bridgehead atoms. The van der Waals surface area contributed by atoms with Crippen LogP contribution in [0.25, 0.3) is 0 Å². The number of ether oxygens (including phenoxy) is 1. The van der Waals surface area contributed by atoms with Gasteiger partial charge in [-0.25, -0.2) is 5.43 Å². The molecule has 2 rings (SSSR count). The number of carbonyl (C=O) groups is 2. The van der Waals surface area contributed by atoms with E-state index in [1.54, 1.807) is 31.3 Å². The Balaban J connectivity index is 1.80. The minimum Gasteiger partial charge on any atom is -0.492 e. The minimum absolute atomic E-state index is 0.168. The molecule has 6 nitrogen and oxygen atoms in total. The number of hydrogen-bond donors (Lipinski definition) is 1. The average Bonchev–Trinajstić information content (AvgIpc) is 2.47. The Labute approximate surface area is 127 Å². The van der Waals surface area contributed by atoms with Crippen LogP contribution in [0.5, 0.6) is 5.75 Å². The summed E-state index contributed by atoms with van der Waals surface area (Å²) < 4.78 is 5.52. The van der Waals surface area contributed by atoms with E-state index in [1.807, 2.05) is 0 Å². The maximum absolute atomic E-state index is 12.1. The molecule has 1 aromatic carbocycles. The summed E-state index contributed by atoms with van der Waals surface area (Å²) in [5.74, 6) is 0.286. The summed E-state index contributed by atoms with van der Waals surface area (Å²) in [5, 5.41) is 4.38. The first-order chi connectivity index (χ1) is 10.1. The van der Waals surface area contributed by atoms with Crippen molar-refractivity contribution in [1.82, 2.24) is 10.3 Å². The number of benzene rings is 1. The zero-order valence-electron chi connectivity index (χ0n) is 11.6. The van der Waals surface area contributed by atoms with E-state index in [9.17, 15) is 9.59 Å². The molecule has 1 aliphatic rings. The molecule has 0 fully saturated rings. The molecule has 2 amide bonds. The van der Waals surface area contributed by atoms with Crippen LogP contribution in [-0.4, -0.2) is 42.6 Å². The second kappa shape index (κ2) is 7.08. The highest BCUT2D eigenvalue weighted by atomic mass is 35.5. The van der Waals surface area contributed by atoms with Crippen LogP contribution in [0.1, 0.15) is 12.8 Å². The normalized spacial score (nSPS) is 14.2. The van der Waals surface area contributed by atoms with Gasteiger partial charge < -0.3 is 9.64 Å². The van der Waals surface area contributed by atoms with Crippen molar-refractivity contribution in [2.75, 3.05) is 20.2 Å². The lowest BCUT2D eigenvalue weighted by atomic mass is 10.1. The summed E-state index contributed by atoms with van der Waals surface area (Å²) >= 11 is 5.86. The fourth-order valence-corrected chi connectivity index (χ4v) is 1.99. The molecule has 1 N–H and O–H groups in total. The summed E-state index contributed by atoms with van der Waals surface area (Å²) in [7, 11) is 1.67. The Hall–Kier alpha value is -2.08. The van der Waals surface area contributed by atoms with Crippen LogP contribution < -0.4 is 10.2 Å². The van der Waals surface area contributed by atoms with Crippen LogP contribution in [0.2, 0.25) is 5.02 Å². The second-order valence-electron chi connectivity index (χ2n) is 4.63. The first-order valence-electron chi connectivity index (χ1n) is 6.55. The molecular weight excluding hydrogens is 294 g/mol. The molecule has 0 atom stereocenters. The van der Waals surface area contributed by atoms with Crippen molar-refractivity contribution >= 4 is 29.1 Å². The van der Waals surface area contributed by atoms with Crippen LogP contribution in [0.15, 0.2) is 29.4 Å². The topological polar surface area (TPSA) is 71.0 Å². The maximum Gasteiger partial charge on any atom is 0.269 e. The standard InChI is InChI=1S/C14H16ClN3O3/c1-18(14(20)12-5-6-13(19)17-16-12)7-8-21-11-4-2-3-10(15)9-11/h2-4,9H,5-8H2,1H3,(H,17,19).